The summed E-state index contributed by atoms with van der Waals surface area (Å²) < 4.78 is 13.2. The van der Waals surface area contributed by atoms with Gasteiger partial charge in [-0.1, -0.05) is 17.7 Å². The Bertz CT molecular complexity index is 519. The van der Waals surface area contributed by atoms with E-state index in [9.17, 15) is 9.50 Å². The second kappa shape index (κ2) is 6.44. The molecule has 0 amide bonds. The van der Waals surface area contributed by atoms with Gasteiger partial charge in [-0.2, -0.15) is 0 Å². The highest BCUT2D eigenvalue weighted by Gasteiger charge is 2.40. The van der Waals surface area contributed by atoms with Crippen LogP contribution >= 0.6 is 11.6 Å². The Morgan fingerprint density at radius 1 is 1.36 bits per heavy atom. The summed E-state index contributed by atoms with van der Waals surface area (Å²) in [4.78, 5) is 4.65. The highest BCUT2D eigenvalue weighted by Crippen LogP contribution is 2.39. The van der Waals surface area contributed by atoms with E-state index in [2.05, 4.69) is 16.8 Å². The molecule has 2 fully saturated rings. The average Bonchev–Trinajstić information content (AvgIpc) is 2.44. The molecule has 1 spiro atoms. The van der Waals surface area contributed by atoms with Gasteiger partial charge in [0, 0.05) is 19.6 Å². The molecule has 2 saturated heterocycles. The normalized spacial score (nSPS) is 26.5. The van der Waals surface area contributed by atoms with E-state index >= 15 is 0 Å². The number of aliphatic hydroxyl groups is 1. The quantitative estimate of drug-likeness (QED) is 0.905. The van der Waals surface area contributed by atoms with Crippen molar-refractivity contribution in [3.8, 4) is 0 Å². The number of β-amino-alcohol motifs (C(OH)–C–C–N with tert-alkyl or cyclic N) is 1. The average molecular weight is 327 g/mol. The first kappa shape index (κ1) is 16.2. The molecule has 2 heterocycles. The lowest BCUT2D eigenvalue weighted by Gasteiger charge is -2.48. The van der Waals surface area contributed by atoms with Crippen LogP contribution in [-0.2, 0) is 6.54 Å². The lowest BCUT2D eigenvalue weighted by molar-refractivity contribution is -0.0331. The highest BCUT2D eigenvalue weighted by molar-refractivity contribution is 6.30. The molecular formula is C17H24ClFN2O. The van der Waals surface area contributed by atoms with Gasteiger partial charge in [-0.3, -0.25) is 4.90 Å². The Labute approximate surface area is 136 Å². The zero-order chi connectivity index (χ0) is 15.7. The molecule has 0 saturated carbocycles. The fourth-order valence-corrected chi connectivity index (χ4v) is 4.27. The highest BCUT2D eigenvalue weighted by atomic mass is 35.5. The smallest absolute Gasteiger partial charge is 0.141 e. The van der Waals surface area contributed by atoms with Gasteiger partial charge in [0.05, 0.1) is 11.1 Å². The van der Waals surface area contributed by atoms with Gasteiger partial charge >= 0.3 is 0 Å². The minimum atomic E-state index is -0.359. The molecule has 2 aliphatic rings. The van der Waals surface area contributed by atoms with Gasteiger partial charge in [0.1, 0.15) is 5.82 Å². The van der Waals surface area contributed by atoms with Gasteiger partial charge in [0.15, 0.2) is 0 Å². The Morgan fingerprint density at radius 3 is 2.73 bits per heavy atom. The summed E-state index contributed by atoms with van der Waals surface area (Å²) in [7, 11) is 2.09. The van der Waals surface area contributed by atoms with Gasteiger partial charge < -0.3 is 10.0 Å². The van der Waals surface area contributed by atoms with E-state index in [1.165, 1.54) is 6.07 Å². The number of hydrogen-bond acceptors (Lipinski definition) is 3. The molecule has 2 aliphatic heterocycles. The van der Waals surface area contributed by atoms with Crippen LogP contribution in [0.5, 0.6) is 0 Å². The number of piperidine rings is 2. The van der Waals surface area contributed by atoms with Gasteiger partial charge in [-0.05, 0) is 62.5 Å². The van der Waals surface area contributed by atoms with E-state index in [1.807, 2.05) is 6.07 Å². The predicted octanol–water partition coefficient (Wildman–Crippen LogP) is 2.76. The predicted molar refractivity (Wildman–Crippen MR) is 86.5 cm³/mol. The molecule has 1 aromatic carbocycles. The van der Waals surface area contributed by atoms with Crippen LogP contribution in [0.3, 0.4) is 0 Å². The summed E-state index contributed by atoms with van der Waals surface area (Å²) in [5.41, 5.74) is 1.33. The Kier molecular flexibility index (Phi) is 4.74. The summed E-state index contributed by atoms with van der Waals surface area (Å²) in [6.45, 7) is 4.74. The monoisotopic (exact) mass is 326 g/mol. The Balaban J connectivity index is 1.58. The van der Waals surface area contributed by atoms with Crippen LogP contribution in [0.2, 0.25) is 5.02 Å². The molecule has 3 rings (SSSR count). The summed E-state index contributed by atoms with van der Waals surface area (Å²) in [5, 5.41) is 10.2. The minimum absolute atomic E-state index is 0.193. The first-order chi connectivity index (χ1) is 10.5. The molecular weight excluding hydrogens is 303 g/mol. The van der Waals surface area contributed by atoms with E-state index in [1.54, 1.807) is 6.07 Å². The van der Waals surface area contributed by atoms with Crippen LogP contribution in [0.1, 0.15) is 24.8 Å². The molecule has 22 heavy (non-hydrogen) atoms. The molecule has 0 radical (unpaired) electrons. The first-order valence-electron chi connectivity index (χ1n) is 7.99. The van der Waals surface area contributed by atoms with Crippen LogP contribution < -0.4 is 0 Å². The summed E-state index contributed by atoms with van der Waals surface area (Å²) in [6, 6.07) is 4.97. The van der Waals surface area contributed by atoms with Crippen molar-refractivity contribution in [2.45, 2.75) is 31.9 Å². The van der Waals surface area contributed by atoms with Crippen LogP contribution in [0.25, 0.3) is 0 Å². The summed E-state index contributed by atoms with van der Waals surface area (Å²) in [5.74, 6) is -0.359. The maximum absolute atomic E-state index is 13.2. The zero-order valence-corrected chi connectivity index (χ0v) is 13.8. The van der Waals surface area contributed by atoms with Gasteiger partial charge in [-0.15, -0.1) is 0 Å². The van der Waals surface area contributed by atoms with Crippen molar-refractivity contribution in [3.63, 3.8) is 0 Å². The lowest BCUT2D eigenvalue weighted by Crippen LogP contribution is -2.52. The summed E-state index contributed by atoms with van der Waals surface area (Å²) in [6.07, 6.45) is 2.96. The number of hydrogen-bond donors (Lipinski definition) is 1. The minimum Gasteiger partial charge on any atom is -0.392 e. The third-order valence-corrected chi connectivity index (χ3v) is 5.39. The van der Waals surface area contributed by atoms with E-state index < -0.39 is 0 Å². The third-order valence-electron chi connectivity index (χ3n) is 5.10. The zero-order valence-electron chi connectivity index (χ0n) is 13.1. The molecule has 3 nitrogen and oxygen atoms in total. The second-order valence-electron chi connectivity index (χ2n) is 7.08. The number of halogens is 2. The summed E-state index contributed by atoms with van der Waals surface area (Å²) >= 11 is 5.85. The molecule has 0 aliphatic carbocycles. The van der Waals surface area contributed by atoms with E-state index in [0.29, 0.717) is 0 Å². The Morgan fingerprint density at radius 2 is 2.09 bits per heavy atom. The van der Waals surface area contributed by atoms with Crippen LogP contribution in [-0.4, -0.2) is 54.2 Å². The van der Waals surface area contributed by atoms with Crippen molar-refractivity contribution in [2.24, 2.45) is 5.41 Å². The molecule has 1 unspecified atom stereocenters. The van der Waals surface area contributed by atoms with Crippen molar-refractivity contribution >= 4 is 11.6 Å². The molecule has 1 aromatic rings. The molecule has 0 bridgehead atoms. The topological polar surface area (TPSA) is 26.7 Å². The van der Waals surface area contributed by atoms with Crippen LogP contribution in [0.4, 0.5) is 4.39 Å². The Hall–Kier alpha value is -0.680. The maximum Gasteiger partial charge on any atom is 0.141 e. The first-order valence-corrected chi connectivity index (χ1v) is 8.36. The van der Waals surface area contributed by atoms with E-state index in [-0.39, 0.29) is 22.4 Å². The van der Waals surface area contributed by atoms with Crippen molar-refractivity contribution < 1.29 is 9.50 Å². The number of benzene rings is 1. The standard InChI is InChI=1S/C17H24ClFN2O/c1-20-11-14(22)9-17(12-20)4-6-21(7-5-17)10-13-2-3-16(19)15(18)8-13/h2-3,8,14,22H,4-7,9-12H2,1H3. The third kappa shape index (κ3) is 3.62. The maximum atomic E-state index is 13.2. The second-order valence-corrected chi connectivity index (χ2v) is 7.49. The van der Waals surface area contributed by atoms with Crippen LogP contribution in [0.15, 0.2) is 18.2 Å². The van der Waals surface area contributed by atoms with Crippen molar-refractivity contribution in [1.82, 2.24) is 9.80 Å². The van der Waals surface area contributed by atoms with Crippen molar-refractivity contribution in [2.75, 3.05) is 33.2 Å². The van der Waals surface area contributed by atoms with Gasteiger partial charge in [0.2, 0.25) is 0 Å². The van der Waals surface area contributed by atoms with Gasteiger partial charge in [-0.25, -0.2) is 4.39 Å². The molecule has 1 atom stereocenters. The van der Waals surface area contributed by atoms with E-state index in [0.717, 1.165) is 57.5 Å². The number of likely N-dealkylation sites (tertiary alicyclic amines) is 2. The number of nitrogens with zero attached hydrogens (tertiary/aromatic N) is 2. The SMILES string of the molecule is CN1CC(O)CC2(CCN(Cc3ccc(F)c(Cl)c3)CC2)C1. The number of aliphatic hydroxyl groups excluding tert-OH is 1. The largest absolute Gasteiger partial charge is 0.392 e. The van der Waals surface area contributed by atoms with Crippen molar-refractivity contribution in [3.05, 3.63) is 34.6 Å². The molecule has 0 aromatic heterocycles. The number of rotatable bonds is 2. The fourth-order valence-electron chi connectivity index (χ4n) is 4.07. The lowest BCUT2D eigenvalue weighted by atomic mass is 9.71. The molecule has 1 N–H and O–H groups in total. The van der Waals surface area contributed by atoms with E-state index in [4.69, 9.17) is 11.6 Å². The van der Waals surface area contributed by atoms with Gasteiger partial charge in [0.25, 0.3) is 0 Å². The fraction of sp³-hybridized carbons (Fsp3) is 0.647. The molecule has 5 heteroatoms. The number of likely N-dealkylation sites (N-methyl/N-ethyl adjacent to an activating group) is 1. The van der Waals surface area contributed by atoms with Crippen LogP contribution in [0, 0.1) is 11.2 Å². The molecule has 122 valence electrons. The van der Waals surface area contributed by atoms with Crippen molar-refractivity contribution in [1.29, 1.82) is 0 Å².